The molecule has 5 nitrogen and oxygen atoms in total. The average Bonchev–Trinajstić information content (AvgIpc) is 3.06. The number of carbonyl (C=O) groups is 2. The minimum absolute atomic E-state index is 0.284. The zero-order valence-corrected chi connectivity index (χ0v) is 17.5. The van der Waals surface area contributed by atoms with Crippen LogP contribution in [0.1, 0.15) is 16.1 Å². The van der Waals surface area contributed by atoms with Gasteiger partial charge in [-0.25, -0.2) is 9.37 Å². The summed E-state index contributed by atoms with van der Waals surface area (Å²) in [5, 5.41) is 6.40. The number of aromatic nitrogens is 1. The fourth-order valence-corrected chi connectivity index (χ4v) is 3.93. The number of hydrogen-bond acceptors (Lipinski definition) is 4. The maximum atomic E-state index is 13.4. The van der Waals surface area contributed by atoms with Crippen molar-refractivity contribution in [3.63, 3.8) is 0 Å². The number of benzene rings is 2. The second kappa shape index (κ2) is 9.15. The molecule has 0 fully saturated rings. The molecule has 0 aliphatic rings. The maximum absolute atomic E-state index is 13.4. The molecule has 2 N–H and O–H groups in total. The van der Waals surface area contributed by atoms with Gasteiger partial charge in [0.2, 0.25) is 0 Å². The molecule has 0 saturated carbocycles. The number of nitrogens with one attached hydrogen (secondary N) is 2. The first kappa shape index (κ1) is 21.0. The Morgan fingerprint density at radius 2 is 1.90 bits per heavy atom. The third-order valence-electron chi connectivity index (χ3n) is 4.32. The molecule has 0 bridgehead atoms. The predicted molar refractivity (Wildman–Crippen MR) is 114 cm³/mol. The van der Waals surface area contributed by atoms with Gasteiger partial charge in [0, 0.05) is 34.1 Å². The summed E-state index contributed by atoms with van der Waals surface area (Å²) < 4.78 is 13.4. The van der Waals surface area contributed by atoms with E-state index < -0.39 is 11.8 Å². The van der Waals surface area contributed by atoms with Crippen LogP contribution in [0.4, 0.5) is 10.1 Å². The number of thiazole rings is 1. The van der Waals surface area contributed by atoms with Crippen LogP contribution in [-0.4, -0.2) is 23.3 Å². The minimum atomic E-state index is -0.753. The molecule has 150 valence electrons. The quantitative estimate of drug-likeness (QED) is 0.583. The summed E-state index contributed by atoms with van der Waals surface area (Å²) in [7, 11) is 0. The molecule has 1 heterocycles. The van der Waals surface area contributed by atoms with E-state index in [2.05, 4.69) is 15.6 Å². The van der Waals surface area contributed by atoms with E-state index >= 15 is 0 Å². The smallest absolute Gasteiger partial charge is 0.313 e. The van der Waals surface area contributed by atoms with E-state index in [1.165, 1.54) is 23.5 Å². The highest BCUT2D eigenvalue weighted by Gasteiger charge is 2.16. The van der Waals surface area contributed by atoms with Crippen LogP contribution < -0.4 is 10.6 Å². The van der Waals surface area contributed by atoms with E-state index in [9.17, 15) is 14.0 Å². The summed E-state index contributed by atoms with van der Waals surface area (Å²) in [5.41, 5.74) is 2.73. The van der Waals surface area contributed by atoms with Crippen molar-refractivity contribution in [1.82, 2.24) is 10.3 Å². The first-order valence-corrected chi connectivity index (χ1v) is 10.1. The van der Waals surface area contributed by atoms with E-state index in [0.29, 0.717) is 28.3 Å². The fourth-order valence-electron chi connectivity index (χ4n) is 2.70. The van der Waals surface area contributed by atoms with Crippen molar-refractivity contribution in [1.29, 1.82) is 0 Å². The van der Waals surface area contributed by atoms with Crippen LogP contribution in [0.2, 0.25) is 5.02 Å². The molecule has 2 aromatic carbocycles. The van der Waals surface area contributed by atoms with Crippen LogP contribution in [0, 0.1) is 19.7 Å². The number of halogens is 2. The standard InChI is InChI=1S/C21H19ClFN3O2S/c1-12-16(22)7-4-8-17(12)26-20(28)19(27)24-10-9-18-13(2)25-21(29-18)14-5-3-6-15(23)11-14/h3-8,11H,9-10H2,1-2H3,(H,24,27)(H,26,28). The molecule has 0 unspecified atom stereocenters. The summed E-state index contributed by atoms with van der Waals surface area (Å²) in [5.74, 6) is -1.79. The lowest BCUT2D eigenvalue weighted by atomic mass is 10.2. The first-order chi connectivity index (χ1) is 13.8. The van der Waals surface area contributed by atoms with Crippen molar-refractivity contribution < 1.29 is 14.0 Å². The lowest BCUT2D eigenvalue weighted by molar-refractivity contribution is -0.136. The zero-order chi connectivity index (χ0) is 21.0. The topological polar surface area (TPSA) is 71.1 Å². The molecule has 0 radical (unpaired) electrons. The maximum Gasteiger partial charge on any atom is 0.313 e. The van der Waals surface area contributed by atoms with Crippen molar-refractivity contribution in [2.24, 2.45) is 0 Å². The second-order valence-electron chi connectivity index (χ2n) is 6.41. The van der Waals surface area contributed by atoms with Gasteiger partial charge in [0.25, 0.3) is 0 Å². The van der Waals surface area contributed by atoms with Gasteiger partial charge in [-0.05, 0) is 43.7 Å². The van der Waals surface area contributed by atoms with Crippen molar-refractivity contribution >= 4 is 40.4 Å². The Hall–Kier alpha value is -2.77. The summed E-state index contributed by atoms with van der Waals surface area (Å²) in [4.78, 5) is 29.6. The van der Waals surface area contributed by atoms with Crippen LogP contribution in [-0.2, 0) is 16.0 Å². The number of nitrogens with zero attached hydrogens (tertiary/aromatic N) is 1. The highest BCUT2D eigenvalue weighted by molar-refractivity contribution is 7.15. The Labute approximate surface area is 176 Å². The third-order valence-corrected chi connectivity index (χ3v) is 6.00. The number of aryl methyl sites for hydroxylation is 1. The van der Waals surface area contributed by atoms with Crippen LogP contribution >= 0.6 is 22.9 Å². The van der Waals surface area contributed by atoms with Crippen molar-refractivity contribution in [2.45, 2.75) is 20.3 Å². The Bertz CT molecular complexity index is 1070. The van der Waals surface area contributed by atoms with Crippen molar-refractivity contribution in [3.8, 4) is 10.6 Å². The van der Waals surface area contributed by atoms with Gasteiger partial charge in [0.05, 0.1) is 5.69 Å². The molecule has 3 rings (SSSR count). The van der Waals surface area contributed by atoms with Crippen LogP contribution in [0.15, 0.2) is 42.5 Å². The third kappa shape index (κ3) is 5.19. The summed E-state index contributed by atoms with van der Waals surface area (Å²) in [6.07, 6.45) is 0.522. The molecule has 0 saturated heterocycles. The molecule has 1 aromatic heterocycles. The predicted octanol–water partition coefficient (Wildman–Crippen LogP) is 4.52. The molecule has 0 aliphatic carbocycles. The zero-order valence-electron chi connectivity index (χ0n) is 15.9. The van der Waals surface area contributed by atoms with Gasteiger partial charge in [0.15, 0.2) is 0 Å². The largest absolute Gasteiger partial charge is 0.347 e. The van der Waals surface area contributed by atoms with Gasteiger partial charge < -0.3 is 10.6 Å². The van der Waals surface area contributed by atoms with Crippen molar-refractivity contribution in [3.05, 3.63) is 69.4 Å². The Morgan fingerprint density at radius 3 is 2.66 bits per heavy atom. The number of amides is 2. The molecule has 29 heavy (non-hydrogen) atoms. The lowest BCUT2D eigenvalue weighted by Crippen LogP contribution is -2.36. The number of anilines is 1. The van der Waals surface area contributed by atoms with Gasteiger partial charge >= 0.3 is 11.8 Å². The molecular weight excluding hydrogens is 413 g/mol. The molecular formula is C21H19ClFN3O2S. The first-order valence-electron chi connectivity index (χ1n) is 8.91. The van der Waals surface area contributed by atoms with Crippen molar-refractivity contribution in [2.75, 3.05) is 11.9 Å². The molecule has 0 spiro atoms. The van der Waals surface area contributed by atoms with Crippen LogP contribution in [0.5, 0.6) is 0 Å². The van der Waals surface area contributed by atoms with Gasteiger partial charge in [0.1, 0.15) is 10.8 Å². The summed E-state index contributed by atoms with van der Waals surface area (Å²) >= 11 is 7.46. The Kier molecular flexibility index (Phi) is 6.61. The highest BCUT2D eigenvalue weighted by Crippen LogP contribution is 2.28. The van der Waals surface area contributed by atoms with Crippen LogP contribution in [0.25, 0.3) is 10.6 Å². The summed E-state index contributed by atoms with van der Waals surface area (Å²) in [6.45, 7) is 3.91. The molecule has 8 heteroatoms. The molecule has 0 atom stereocenters. The molecule has 3 aromatic rings. The monoisotopic (exact) mass is 431 g/mol. The minimum Gasteiger partial charge on any atom is -0.347 e. The Morgan fingerprint density at radius 1 is 1.14 bits per heavy atom. The molecule has 2 amide bonds. The highest BCUT2D eigenvalue weighted by atomic mass is 35.5. The van der Waals surface area contributed by atoms with E-state index in [1.54, 1.807) is 37.3 Å². The molecule has 0 aliphatic heterocycles. The lowest BCUT2D eigenvalue weighted by Gasteiger charge is -2.09. The average molecular weight is 432 g/mol. The van der Waals surface area contributed by atoms with Gasteiger partial charge in [-0.2, -0.15) is 0 Å². The number of carbonyl (C=O) groups excluding carboxylic acids is 2. The van der Waals surface area contributed by atoms with E-state index in [0.717, 1.165) is 15.6 Å². The number of rotatable bonds is 5. The van der Waals surface area contributed by atoms with Crippen LogP contribution in [0.3, 0.4) is 0 Å². The normalized spacial score (nSPS) is 10.6. The summed E-state index contributed by atoms with van der Waals surface area (Å²) in [6, 6.07) is 11.4. The van der Waals surface area contributed by atoms with Gasteiger partial charge in [-0.1, -0.05) is 29.8 Å². The second-order valence-corrected chi connectivity index (χ2v) is 7.90. The fraction of sp³-hybridized carbons (Fsp3) is 0.190. The SMILES string of the molecule is Cc1nc(-c2cccc(F)c2)sc1CCNC(=O)C(=O)Nc1cccc(Cl)c1C. The van der Waals surface area contributed by atoms with Gasteiger partial charge in [-0.15, -0.1) is 11.3 Å². The van der Waals surface area contributed by atoms with Gasteiger partial charge in [-0.3, -0.25) is 9.59 Å². The van der Waals surface area contributed by atoms with E-state index in [4.69, 9.17) is 11.6 Å². The van der Waals surface area contributed by atoms with E-state index in [1.807, 2.05) is 6.92 Å². The van der Waals surface area contributed by atoms with E-state index in [-0.39, 0.29) is 12.4 Å². The Balaban J connectivity index is 1.56. The number of hydrogen-bond donors (Lipinski definition) is 2.